The number of aromatic nitrogens is 1. The maximum absolute atomic E-state index is 12.7. The third-order valence-electron chi connectivity index (χ3n) is 5.02. The lowest BCUT2D eigenvalue weighted by Gasteiger charge is -2.13. The Bertz CT molecular complexity index is 998. The number of rotatable bonds is 9. The number of nitrogens with one attached hydrogen (secondary N) is 1. The van der Waals surface area contributed by atoms with Crippen LogP contribution in [0.5, 0.6) is 11.5 Å². The van der Waals surface area contributed by atoms with Gasteiger partial charge in [0, 0.05) is 24.4 Å². The van der Waals surface area contributed by atoms with Gasteiger partial charge in [0.05, 0.1) is 17.4 Å². The topological polar surface area (TPSA) is 60.5 Å². The molecule has 0 aliphatic rings. The molecule has 1 heterocycles. The van der Waals surface area contributed by atoms with Crippen molar-refractivity contribution in [1.82, 2.24) is 4.98 Å². The summed E-state index contributed by atoms with van der Waals surface area (Å²) in [5.41, 5.74) is 4.15. The molecule has 5 nitrogen and oxygen atoms in total. The molecule has 0 aliphatic heterocycles. The van der Waals surface area contributed by atoms with E-state index in [0.29, 0.717) is 29.3 Å². The van der Waals surface area contributed by atoms with Crippen LogP contribution in [0.4, 0.5) is 5.69 Å². The molecule has 1 N–H and O–H groups in total. The molecule has 1 atom stereocenters. The van der Waals surface area contributed by atoms with E-state index in [1.54, 1.807) is 0 Å². The Morgan fingerprint density at radius 2 is 1.61 bits per heavy atom. The minimum Gasteiger partial charge on any atom is -0.457 e. The third kappa shape index (κ3) is 6.40. The van der Waals surface area contributed by atoms with E-state index in [4.69, 9.17) is 9.47 Å². The van der Waals surface area contributed by atoms with Gasteiger partial charge in [-0.2, -0.15) is 0 Å². The molecule has 0 aliphatic carbocycles. The predicted octanol–water partition coefficient (Wildman–Crippen LogP) is 5.96. The highest BCUT2D eigenvalue weighted by atomic mass is 16.5. The summed E-state index contributed by atoms with van der Waals surface area (Å²) in [4.78, 5) is 17.3. The van der Waals surface area contributed by atoms with E-state index in [2.05, 4.69) is 29.4 Å². The first kappa shape index (κ1) is 22.5. The number of carbonyl (C=O) groups excluding carboxylic acids is 1. The van der Waals surface area contributed by atoms with Crippen molar-refractivity contribution in [2.75, 3.05) is 11.9 Å². The van der Waals surface area contributed by atoms with Crippen LogP contribution < -0.4 is 10.1 Å². The molecule has 0 radical (unpaired) electrons. The lowest BCUT2D eigenvalue weighted by molar-refractivity contribution is 0.0761. The van der Waals surface area contributed by atoms with Crippen molar-refractivity contribution >= 4 is 11.6 Å². The first-order chi connectivity index (χ1) is 15.0. The zero-order valence-corrected chi connectivity index (χ0v) is 18.6. The average Bonchev–Trinajstić information content (AvgIpc) is 2.76. The molecule has 1 unspecified atom stereocenters. The number of carbonyl (C=O) groups is 1. The van der Waals surface area contributed by atoms with Gasteiger partial charge in [0.2, 0.25) is 0 Å². The van der Waals surface area contributed by atoms with Gasteiger partial charge in [-0.05, 0) is 81.3 Å². The van der Waals surface area contributed by atoms with Gasteiger partial charge in [0.15, 0.2) is 0 Å². The zero-order valence-electron chi connectivity index (χ0n) is 18.6. The quantitative estimate of drug-likeness (QED) is 0.465. The number of ether oxygens (including phenoxy) is 2. The van der Waals surface area contributed by atoms with Gasteiger partial charge in [-0.25, -0.2) is 0 Å². The lowest BCUT2D eigenvalue weighted by atomic mass is 10.1. The van der Waals surface area contributed by atoms with Crippen LogP contribution in [-0.2, 0) is 17.6 Å². The molecule has 1 amide bonds. The van der Waals surface area contributed by atoms with Crippen LogP contribution in [0.1, 0.15) is 48.1 Å². The van der Waals surface area contributed by atoms with Crippen molar-refractivity contribution in [3.05, 3.63) is 83.2 Å². The van der Waals surface area contributed by atoms with Crippen LogP contribution in [0.3, 0.4) is 0 Å². The molecule has 3 aromatic rings. The van der Waals surface area contributed by atoms with Crippen molar-refractivity contribution in [1.29, 1.82) is 0 Å². The lowest BCUT2D eigenvalue weighted by Crippen LogP contribution is -2.16. The van der Waals surface area contributed by atoms with E-state index in [9.17, 15) is 4.79 Å². The molecular formula is C26H30N2O3. The van der Waals surface area contributed by atoms with Crippen LogP contribution in [0.25, 0.3) is 0 Å². The standard InChI is InChI=1S/C26H30N2O3/c1-5-20-7-12-23(13-8-20)31-24-14-9-21(10-15-24)28-26(29)25-16-11-22(27-19(25)4)17-18(3)30-6-2/h7-16,18H,5-6,17H2,1-4H3,(H,28,29). The number of hydrogen-bond acceptors (Lipinski definition) is 4. The Morgan fingerprint density at radius 1 is 0.968 bits per heavy atom. The first-order valence-electron chi connectivity index (χ1n) is 10.7. The number of anilines is 1. The van der Waals surface area contributed by atoms with Crippen molar-refractivity contribution in [2.24, 2.45) is 0 Å². The van der Waals surface area contributed by atoms with Gasteiger partial charge in [-0.1, -0.05) is 19.1 Å². The average molecular weight is 419 g/mol. The van der Waals surface area contributed by atoms with Crippen LogP contribution in [0.15, 0.2) is 60.7 Å². The van der Waals surface area contributed by atoms with Crippen LogP contribution in [0, 0.1) is 6.92 Å². The fourth-order valence-corrected chi connectivity index (χ4v) is 3.34. The molecule has 0 saturated carbocycles. The number of nitrogens with zero attached hydrogens (tertiary/aromatic N) is 1. The molecular weight excluding hydrogens is 388 g/mol. The van der Waals surface area contributed by atoms with Gasteiger partial charge in [-0.15, -0.1) is 0 Å². The fraction of sp³-hybridized carbons (Fsp3) is 0.308. The molecule has 0 bridgehead atoms. The SMILES string of the molecule is CCOC(C)Cc1ccc(C(=O)Nc2ccc(Oc3ccc(CC)cc3)cc2)c(C)n1. The Labute approximate surface area is 184 Å². The Morgan fingerprint density at radius 3 is 2.19 bits per heavy atom. The molecule has 31 heavy (non-hydrogen) atoms. The summed E-state index contributed by atoms with van der Waals surface area (Å²) in [7, 11) is 0. The van der Waals surface area contributed by atoms with Crippen molar-refractivity contribution < 1.29 is 14.3 Å². The van der Waals surface area contributed by atoms with Crippen molar-refractivity contribution in [3.63, 3.8) is 0 Å². The molecule has 0 saturated heterocycles. The van der Waals surface area contributed by atoms with E-state index in [1.165, 1.54) is 5.56 Å². The van der Waals surface area contributed by atoms with Gasteiger partial charge >= 0.3 is 0 Å². The highest BCUT2D eigenvalue weighted by molar-refractivity contribution is 6.05. The van der Waals surface area contributed by atoms with Crippen LogP contribution in [-0.4, -0.2) is 23.6 Å². The van der Waals surface area contributed by atoms with E-state index in [0.717, 1.165) is 24.3 Å². The highest BCUT2D eigenvalue weighted by Crippen LogP contribution is 2.24. The maximum Gasteiger partial charge on any atom is 0.257 e. The minimum absolute atomic E-state index is 0.0990. The fourth-order valence-electron chi connectivity index (χ4n) is 3.34. The van der Waals surface area contributed by atoms with Crippen molar-refractivity contribution in [3.8, 4) is 11.5 Å². The summed E-state index contributed by atoms with van der Waals surface area (Å²) in [6.07, 6.45) is 1.82. The second-order valence-corrected chi connectivity index (χ2v) is 7.48. The molecule has 0 spiro atoms. The molecule has 3 rings (SSSR count). The summed E-state index contributed by atoms with van der Waals surface area (Å²) in [5, 5.41) is 2.93. The van der Waals surface area contributed by atoms with E-state index < -0.39 is 0 Å². The molecule has 5 heteroatoms. The largest absolute Gasteiger partial charge is 0.457 e. The second-order valence-electron chi connectivity index (χ2n) is 7.48. The summed E-state index contributed by atoms with van der Waals surface area (Å²) in [5.74, 6) is 1.32. The number of amides is 1. The zero-order chi connectivity index (χ0) is 22.2. The van der Waals surface area contributed by atoms with Crippen molar-refractivity contribution in [2.45, 2.75) is 46.6 Å². The molecule has 0 fully saturated rings. The number of hydrogen-bond donors (Lipinski definition) is 1. The van der Waals surface area contributed by atoms with Gasteiger partial charge in [0.1, 0.15) is 11.5 Å². The Balaban J connectivity index is 1.61. The predicted molar refractivity (Wildman–Crippen MR) is 124 cm³/mol. The Hall–Kier alpha value is -3.18. The van der Waals surface area contributed by atoms with Gasteiger partial charge in [0.25, 0.3) is 5.91 Å². The summed E-state index contributed by atoms with van der Waals surface area (Å²) >= 11 is 0. The van der Waals surface area contributed by atoms with E-state index in [-0.39, 0.29) is 12.0 Å². The summed E-state index contributed by atoms with van der Waals surface area (Å²) < 4.78 is 11.4. The monoisotopic (exact) mass is 418 g/mol. The maximum atomic E-state index is 12.7. The molecule has 162 valence electrons. The number of pyridine rings is 1. The summed E-state index contributed by atoms with van der Waals surface area (Å²) in [6, 6.07) is 19.1. The highest BCUT2D eigenvalue weighted by Gasteiger charge is 2.13. The first-order valence-corrected chi connectivity index (χ1v) is 10.7. The summed E-state index contributed by atoms with van der Waals surface area (Å²) in [6.45, 7) is 8.65. The Kier molecular flexibility index (Phi) is 7.79. The minimum atomic E-state index is -0.182. The van der Waals surface area contributed by atoms with E-state index in [1.807, 2.05) is 69.3 Å². The third-order valence-corrected chi connectivity index (χ3v) is 5.02. The number of benzene rings is 2. The van der Waals surface area contributed by atoms with E-state index >= 15 is 0 Å². The smallest absolute Gasteiger partial charge is 0.257 e. The molecule has 1 aromatic heterocycles. The van der Waals surface area contributed by atoms with Crippen LogP contribution in [0.2, 0.25) is 0 Å². The normalized spacial score (nSPS) is 11.7. The number of aryl methyl sites for hydroxylation is 2. The van der Waals surface area contributed by atoms with Gasteiger partial charge in [-0.3, -0.25) is 9.78 Å². The van der Waals surface area contributed by atoms with Gasteiger partial charge < -0.3 is 14.8 Å². The molecule has 2 aromatic carbocycles. The van der Waals surface area contributed by atoms with Crippen LogP contribution >= 0.6 is 0 Å². The second kappa shape index (κ2) is 10.7.